The molecule has 2 rings (SSSR count). The number of nitrogen functional groups attached to an aromatic ring is 1. The molecule has 16 heavy (non-hydrogen) atoms. The molecule has 2 N–H and O–H groups in total. The molecule has 0 aliphatic carbocycles. The lowest BCUT2D eigenvalue weighted by molar-refractivity contribution is -0.130. The zero-order chi connectivity index (χ0) is 11.4. The van der Waals surface area contributed by atoms with Crippen LogP contribution in [-0.4, -0.2) is 35.4 Å². The van der Waals surface area contributed by atoms with E-state index in [2.05, 4.69) is 0 Å². The minimum Gasteiger partial charge on any atom is -0.399 e. The van der Waals surface area contributed by atoms with Crippen molar-refractivity contribution in [3.8, 4) is 0 Å². The molecule has 0 spiro atoms. The van der Waals surface area contributed by atoms with Crippen LogP contribution in [0.5, 0.6) is 0 Å². The van der Waals surface area contributed by atoms with E-state index in [9.17, 15) is 4.79 Å². The van der Waals surface area contributed by atoms with Crippen LogP contribution in [0.15, 0.2) is 24.3 Å². The van der Waals surface area contributed by atoms with Crippen LogP contribution < -0.4 is 5.73 Å². The van der Waals surface area contributed by atoms with Gasteiger partial charge in [-0.3, -0.25) is 4.79 Å². The highest BCUT2D eigenvalue weighted by atomic mass is 32.2. The average molecular weight is 236 g/mol. The van der Waals surface area contributed by atoms with Crippen LogP contribution in [0.3, 0.4) is 0 Å². The van der Waals surface area contributed by atoms with Gasteiger partial charge in [0.25, 0.3) is 0 Å². The fraction of sp³-hybridized carbons (Fsp3) is 0.417. The van der Waals surface area contributed by atoms with Gasteiger partial charge in [-0.05, 0) is 17.7 Å². The van der Waals surface area contributed by atoms with Crippen molar-refractivity contribution in [3.63, 3.8) is 0 Å². The molecule has 0 radical (unpaired) electrons. The molecule has 0 saturated carbocycles. The maximum atomic E-state index is 12.0. The van der Waals surface area contributed by atoms with Crippen molar-refractivity contribution in [1.82, 2.24) is 4.90 Å². The second kappa shape index (κ2) is 5.25. The summed E-state index contributed by atoms with van der Waals surface area (Å²) in [5.41, 5.74) is 7.41. The molecule has 1 heterocycles. The lowest BCUT2D eigenvalue weighted by Crippen LogP contribution is -2.38. The molecule has 1 aromatic carbocycles. The first-order chi connectivity index (χ1) is 7.75. The van der Waals surface area contributed by atoms with Crippen LogP contribution in [-0.2, 0) is 11.2 Å². The summed E-state index contributed by atoms with van der Waals surface area (Å²) in [6.45, 7) is 1.76. The van der Waals surface area contributed by atoms with Gasteiger partial charge in [-0.1, -0.05) is 12.1 Å². The number of rotatable bonds is 2. The van der Waals surface area contributed by atoms with Gasteiger partial charge in [0.2, 0.25) is 5.91 Å². The van der Waals surface area contributed by atoms with E-state index in [0.717, 1.165) is 35.8 Å². The number of nitrogens with zero attached hydrogens (tertiary/aromatic N) is 1. The number of amides is 1. The fourth-order valence-electron chi connectivity index (χ4n) is 1.80. The third-order valence-electron chi connectivity index (χ3n) is 2.67. The summed E-state index contributed by atoms with van der Waals surface area (Å²) >= 11 is 1.91. The monoisotopic (exact) mass is 236 g/mol. The summed E-state index contributed by atoms with van der Waals surface area (Å²) in [6.07, 6.45) is 0.468. The fourth-order valence-corrected chi connectivity index (χ4v) is 2.71. The van der Waals surface area contributed by atoms with Gasteiger partial charge in [0, 0.05) is 30.3 Å². The standard InChI is InChI=1S/C12H16N2OS/c13-11-3-1-2-10(8-11)9-12(15)14-4-6-16-7-5-14/h1-3,8H,4-7,9,13H2. The first-order valence-electron chi connectivity index (χ1n) is 5.45. The lowest BCUT2D eigenvalue weighted by atomic mass is 10.1. The summed E-state index contributed by atoms with van der Waals surface area (Å²) in [5.74, 6) is 2.33. The van der Waals surface area contributed by atoms with E-state index < -0.39 is 0 Å². The third kappa shape index (κ3) is 2.92. The van der Waals surface area contributed by atoms with Crippen LogP contribution in [0, 0.1) is 0 Å². The van der Waals surface area contributed by atoms with Crippen molar-refractivity contribution in [2.75, 3.05) is 30.3 Å². The molecule has 0 bridgehead atoms. The Hall–Kier alpha value is -1.16. The minimum absolute atomic E-state index is 0.214. The molecule has 0 atom stereocenters. The van der Waals surface area contributed by atoms with Crippen LogP contribution in [0.2, 0.25) is 0 Å². The highest BCUT2D eigenvalue weighted by Crippen LogP contribution is 2.12. The molecule has 3 nitrogen and oxygen atoms in total. The number of carbonyl (C=O) groups is 1. The number of thioether (sulfide) groups is 1. The van der Waals surface area contributed by atoms with E-state index in [1.807, 2.05) is 40.9 Å². The Morgan fingerprint density at radius 1 is 1.38 bits per heavy atom. The van der Waals surface area contributed by atoms with Crippen LogP contribution >= 0.6 is 11.8 Å². The van der Waals surface area contributed by atoms with E-state index in [4.69, 9.17) is 5.73 Å². The van der Waals surface area contributed by atoms with Crippen molar-refractivity contribution >= 4 is 23.4 Å². The zero-order valence-electron chi connectivity index (χ0n) is 9.19. The number of carbonyl (C=O) groups excluding carboxylic acids is 1. The molecule has 4 heteroatoms. The van der Waals surface area contributed by atoms with E-state index in [1.54, 1.807) is 0 Å². The summed E-state index contributed by atoms with van der Waals surface area (Å²) < 4.78 is 0. The maximum absolute atomic E-state index is 12.0. The van der Waals surface area contributed by atoms with Gasteiger partial charge in [-0.25, -0.2) is 0 Å². The lowest BCUT2D eigenvalue weighted by Gasteiger charge is -2.26. The smallest absolute Gasteiger partial charge is 0.227 e. The first kappa shape index (κ1) is 11.3. The molecule has 1 aliphatic heterocycles. The summed E-state index contributed by atoms with van der Waals surface area (Å²) in [6, 6.07) is 7.55. The van der Waals surface area contributed by atoms with Gasteiger partial charge in [0.05, 0.1) is 6.42 Å². The van der Waals surface area contributed by atoms with Crippen LogP contribution in [0.25, 0.3) is 0 Å². The quantitative estimate of drug-likeness (QED) is 0.789. The van der Waals surface area contributed by atoms with Gasteiger partial charge in [-0.15, -0.1) is 0 Å². The van der Waals surface area contributed by atoms with Gasteiger partial charge < -0.3 is 10.6 Å². The number of benzene rings is 1. The van der Waals surface area contributed by atoms with Crippen LogP contribution in [0.4, 0.5) is 5.69 Å². The average Bonchev–Trinajstić information content (AvgIpc) is 2.30. The van der Waals surface area contributed by atoms with Crippen LogP contribution in [0.1, 0.15) is 5.56 Å². The van der Waals surface area contributed by atoms with Gasteiger partial charge in [-0.2, -0.15) is 11.8 Å². The predicted molar refractivity (Wildman–Crippen MR) is 68.5 cm³/mol. The Balaban J connectivity index is 1.96. The Bertz CT molecular complexity index is 375. The third-order valence-corrected chi connectivity index (χ3v) is 3.61. The zero-order valence-corrected chi connectivity index (χ0v) is 10.0. The molecule has 1 aliphatic rings. The highest BCUT2D eigenvalue weighted by molar-refractivity contribution is 7.99. The largest absolute Gasteiger partial charge is 0.399 e. The van der Waals surface area contributed by atoms with Crippen molar-refractivity contribution < 1.29 is 4.79 Å². The summed E-state index contributed by atoms with van der Waals surface area (Å²) in [5, 5.41) is 0. The Kier molecular flexibility index (Phi) is 3.72. The second-order valence-corrected chi connectivity index (χ2v) is 5.14. The number of hydrogen-bond donors (Lipinski definition) is 1. The Labute approximate surface area is 100.0 Å². The molecule has 0 aromatic heterocycles. The van der Waals surface area contributed by atoms with E-state index >= 15 is 0 Å². The van der Waals surface area contributed by atoms with Crippen molar-refractivity contribution in [1.29, 1.82) is 0 Å². The Morgan fingerprint density at radius 3 is 2.81 bits per heavy atom. The number of nitrogens with two attached hydrogens (primary N) is 1. The van der Waals surface area contributed by atoms with E-state index in [0.29, 0.717) is 6.42 Å². The highest BCUT2D eigenvalue weighted by Gasteiger charge is 2.16. The SMILES string of the molecule is Nc1cccc(CC(=O)N2CCSCC2)c1. The molecular weight excluding hydrogens is 220 g/mol. The molecule has 1 saturated heterocycles. The van der Waals surface area contributed by atoms with E-state index in [1.165, 1.54) is 0 Å². The van der Waals surface area contributed by atoms with Gasteiger partial charge in [0.1, 0.15) is 0 Å². The molecule has 0 unspecified atom stereocenters. The van der Waals surface area contributed by atoms with Gasteiger partial charge in [0.15, 0.2) is 0 Å². The van der Waals surface area contributed by atoms with Crippen molar-refractivity contribution in [2.24, 2.45) is 0 Å². The summed E-state index contributed by atoms with van der Waals surface area (Å²) in [4.78, 5) is 13.9. The topological polar surface area (TPSA) is 46.3 Å². The molecule has 86 valence electrons. The summed E-state index contributed by atoms with van der Waals surface area (Å²) in [7, 11) is 0. The molecular formula is C12H16N2OS. The van der Waals surface area contributed by atoms with Crippen molar-refractivity contribution in [3.05, 3.63) is 29.8 Å². The first-order valence-corrected chi connectivity index (χ1v) is 6.61. The van der Waals surface area contributed by atoms with Gasteiger partial charge >= 0.3 is 0 Å². The van der Waals surface area contributed by atoms with E-state index in [-0.39, 0.29) is 5.91 Å². The molecule has 1 amide bonds. The minimum atomic E-state index is 0.214. The normalized spacial score (nSPS) is 16.1. The molecule has 1 aromatic rings. The maximum Gasteiger partial charge on any atom is 0.227 e. The molecule has 1 fully saturated rings. The number of hydrogen-bond acceptors (Lipinski definition) is 3. The second-order valence-electron chi connectivity index (χ2n) is 3.91. The van der Waals surface area contributed by atoms with Crippen molar-refractivity contribution in [2.45, 2.75) is 6.42 Å². The predicted octanol–water partition coefficient (Wildman–Crippen LogP) is 1.39. The Morgan fingerprint density at radius 2 is 2.12 bits per heavy atom. The number of anilines is 1.